The zero-order valence-corrected chi connectivity index (χ0v) is 10.5. The molecular weight excluding hydrogens is 240 g/mol. The van der Waals surface area contributed by atoms with Crippen molar-refractivity contribution in [2.24, 2.45) is 0 Å². The summed E-state index contributed by atoms with van der Waals surface area (Å²) in [5.41, 5.74) is 0.648. The Morgan fingerprint density at radius 3 is 2.82 bits per heavy atom. The van der Waals surface area contributed by atoms with Gasteiger partial charge in [0.15, 0.2) is 9.84 Å². The lowest BCUT2D eigenvalue weighted by Gasteiger charge is -2.06. The molecule has 2 rings (SSSR count). The molecule has 6 nitrogen and oxygen atoms in total. The van der Waals surface area contributed by atoms with E-state index in [1.807, 2.05) is 13.0 Å². The Labute approximate surface area is 99.4 Å². The van der Waals surface area contributed by atoms with Gasteiger partial charge in [-0.25, -0.2) is 18.4 Å². The fraction of sp³-hybridized carbons (Fsp3) is 0.400. The van der Waals surface area contributed by atoms with E-state index in [9.17, 15) is 8.42 Å². The molecule has 0 aliphatic carbocycles. The lowest BCUT2D eigenvalue weighted by Crippen LogP contribution is -2.08. The largest absolute Gasteiger partial charge is 0.370 e. The molecule has 0 spiro atoms. The molecule has 0 aliphatic heterocycles. The molecule has 17 heavy (non-hydrogen) atoms. The predicted molar refractivity (Wildman–Crippen MR) is 66.6 cm³/mol. The topological polar surface area (TPSA) is 87.7 Å². The monoisotopic (exact) mass is 254 g/mol. The average molecular weight is 254 g/mol. The zero-order valence-electron chi connectivity index (χ0n) is 9.69. The van der Waals surface area contributed by atoms with Gasteiger partial charge in [-0.1, -0.05) is 0 Å². The molecule has 2 N–H and O–H groups in total. The zero-order chi connectivity index (χ0) is 12.5. The van der Waals surface area contributed by atoms with Crippen molar-refractivity contribution in [2.45, 2.75) is 12.7 Å². The Balaban J connectivity index is 2.51. The molecule has 0 radical (unpaired) electrons. The molecule has 0 atom stereocenters. The Morgan fingerprint density at radius 1 is 1.41 bits per heavy atom. The third-order valence-corrected chi connectivity index (χ3v) is 2.98. The normalized spacial score (nSPS) is 11.9. The van der Waals surface area contributed by atoms with Crippen molar-refractivity contribution in [3.8, 4) is 0 Å². The molecule has 0 unspecified atom stereocenters. The summed E-state index contributed by atoms with van der Waals surface area (Å²) in [6, 6.07) is 1.86. The van der Waals surface area contributed by atoms with Crippen LogP contribution in [0.15, 0.2) is 12.3 Å². The molecule has 0 aromatic carbocycles. The Bertz CT molecular complexity index is 633. The van der Waals surface area contributed by atoms with Gasteiger partial charge >= 0.3 is 0 Å². The summed E-state index contributed by atoms with van der Waals surface area (Å²) in [6.45, 7) is 2.67. The Morgan fingerprint density at radius 2 is 2.18 bits per heavy atom. The number of nitrogens with zero attached hydrogens (tertiary/aromatic N) is 2. The van der Waals surface area contributed by atoms with Gasteiger partial charge in [-0.2, -0.15) is 0 Å². The van der Waals surface area contributed by atoms with E-state index in [4.69, 9.17) is 0 Å². The fourth-order valence-electron chi connectivity index (χ4n) is 1.59. The highest BCUT2D eigenvalue weighted by atomic mass is 32.2. The second-order valence-electron chi connectivity index (χ2n) is 3.83. The summed E-state index contributed by atoms with van der Waals surface area (Å²) in [5, 5.41) is 3.96. The molecule has 0 bridgehead atoms. The minimum atomic E-state index is -3.13. The molecule has 2 heterocycles. The fourth-order valence-corrected chi connectivity index (χ4v) is 2.19. The van der Waals surface area contributed by atoms with Gasteiger partial charge in [0, 0.05) is 19.0 Å². The van der Waals surface area contributed by atoms with Crippen molar-refractivity contribution in [1.29, 1.82) is 0 Å². The second-order valence-corrected chi connectivity index (χ2v) is 5.97. The summed E-state index contributed by atoms with van der Waals surface area (Å²) in [7, 11) is -3.13. The van der Waals surface area contributed by atoms with Crippen LogP contribution < -0.4 is 5.32 Å². The molecule has 0 aliphatic rings. The lowest BCUT2D eigenvalue weighted by molar-refractivity contribution is 0.600. The number of fused-ring (bicyclic) bond motifs is 1. The predicted octanol–water partition coefficient (Wildman–Crippen LogP) is 0.934. The maximum absolute atomic E-state index is 11.2. The average Bonchev–Trinajstić information content (AvgIpc) is 2.63. The van der Waals surface area contributed by atoms with Crippen LogP contribution in [0, 0.1) is 0 Å². The van der Waals surface area contributed by atoms with E-state index in [2.05, 4.69) is 20.3 Å². The summed E-state index contributed by atoms with van der Waals surface area (Å²) in [5.74, 6) is 0.816. The third kappa shape index (κ3) is 2.73. The first-order valence-corrected chi connectivity index (χ1v) is 7.31. The smallest absolute Gasteiger partial charge is 0.154 e. The molecule has 7 heteroatoms. The van der Waals surface area contributed by atoms with E-state index in [0.717, 1.165) is 11.9 Å². The number of anilines is 1. The summed E-state index contributed by atoms with van der Waals surface area (Å²) >= 11 is 0. The van der Waals surface area contributed by atoms with Crippen molar-refractivity contribution in [3.05, 3.63) is 18.1 Å². The van der Waals surface area contributed by atoms with Gasteiger partial charge in [0.05, 0.1) is 5.39 Å². The van der Waals surface area contributed by atoms with Gasteiger partial charge in [-0.05, 0) is 13.0 Å². The SMILES string of the molecule is CCNc1nc(CS(C)(=O)=O)nc2[nH]ccc12. The van der Waals surface area contributed by atoms with Crippen LogP contribution in [0.1, 0.15) is 12.7 Å². The molecule has 92 valence electrons. The van der Waals surface area contributed by atoms with Crippen LogP contribution in [0.2, 0.25) is 0 Å². The van der Waals surface area contributed by atoms with Crippen LogP contribution in [0.25, 0.3) is 11.0 Å². The van der Waals surface area contributed by atoms with Gasteiger partial charge in [-0.3, -0.25) is 0 Å². The number of aromatic amines is 1. The van der Waals surface area contributed by atoms with Gasteiger partial charge in [0.1, 0.15) is 23.0 Å². The van der Waals surface area contributed by atoms with Gasteiger partial charge < -0.3 is 10.3 Å². The minimum Gasteiger partial charge on any atom is -0.370 e. The highest BCUT2D eigenvalue weighted by Crippen LogP contribution is 2.19. The van der Waals surface area contributed by atoms with E-state index in [-0.39, 0.29) is 5.75 Å². The van der Waals surface area contributed by atoms with Crippen molar-refractivity contribution >= 4 is 26.7 Å². The number of aromatic nitrogens is 3. The van der Waals surface area contributed by atoms with E-state index < -0.39 is 9.84 Å². The van der Waals surface area contributed by atoms with E-state index in [1.165, 1.54) is 6.26 Å². The van der Waals surface area contributed by atoms with E-state index >= 15 is 0 Å². The first-order valence-electron chi connectivity index (χ1n) is 5.25. The number of sulfone groups is 1. The van der Waals surface area contributed by atoms with Gasteiger partial charge in [0.25, 0.3) is 0 Å². The van der Waals surface area contributed by atoms with Crippen LogP contribution in [-0.2, 0) is 15.6 Å². The quantitative estimate of drug-likeness (QED) is 0.847. The number of nitrogens with one attached hydrogen (secondary N) is 2. The van der Waals surface area contributed by atoms with Crippen LogP contribution in [0.3, 0.4) is 0 Å². The number of hydrogen-bond acceptors (Lipinski definition) is 5. The Kier molecular flexibility index (Phi) is 3.01. The van der Waals surface area contributed by atoms with Crippen molar-refractivity contribution < 1.29 is 8.42 Å². The van der Waals surface area contributed by atoms with Crippen molar-refractivity contribution in [1.82, 2.24) is 15.0 Å². The van der Waals surface area contributed by atoms with Gasteiger partial charge in [0.2, 0.25) is 0 Å². The second kappa shape index (κ2) is 4.33. The summed E-state index contributed by atoms with van der Waals surface area (Å²) < 4.78 is 22.5. The first kappa shape index (κ1) is 11.8. The molecule has 0 saturated heterocycles. The van der Waals surface area contributed by atoms with Crippen molar-refractivity contribution in [2.75, 3.05) is 18.1 Å². The number of rotatable bonds is 4. The molecule has 2 aromatic heterocycles. The van der Waals surface area contributed by atoms with Crippen LogP contribution in [0.5, 0.6) is 0 Å². The maximum Gasteiger partial charge on any atom is 0.154 e. The lowest BCUT2D eigenvalue weighted by atomic mass is 10.3. The summed E-state index contributed by atoms with van der Waals surface area (Å²) in [6.07, 6.45) is 2.92. The number of H-pyrrole nitrogens is 1. The molecule has 0 saturated carbocycles. The van der Waals surface area contributed by atoms with Crippen LogP contribution >= 0.6 is 0 Å². The Hall–Kier alpha value is -1.63. The van der Waals surface area contributed by atoms with Gasteiger partial charge in [-0.15, -0.1) is 0 Å². The highest BCUT2D eigenvalue weighted by Gasteiger charge is 2.12. The highest BCUT2D eigenvalue weighted by molar-refractivity contribution is 7.89. The van der Waals surface area contributed by atoms with E-state index in [0.29, 0.717) is 17.3 Å². The van der Waals surface area contributed by atoms with Crippen molar-refractivity contribution in [3.63, 3.8) is 0 Å². The third-order valence-electron chi connectivity index (χ3n) is 2.20. The van der Waals surface area contributed by atoms with Crippen LogP contribution in [0.4, 0.5) is 5.82 Å². The standard InChI is InChI=1S/C10H14N4O2S/c1-3-11-9-7-4-5-12-10(7)14-8(13-9)6-17(2,15)16/h4-5H,3,6H2,1-2H3,(H2,11,12,13,14). The molecular formula is C10H14N4O2S. The van der Waals surface area contributed by atoms with E-state index in [1.54, 1.807) is 6.20 Å². The first-order chi connectivity index (χ1) is 7.99. The minimum absolute atomic E-state index is 0.152. The van der Waals surface area contributed by atoms with Crippen LogP contribution in [-0.4, -0.2) is 36.2 Å². The summed E-state index contributed by atoms with van der Waals surface area (Å²) in [4.78, 5) is 11.4. The number of hydrogen-bond donors (Lipinski definition) is 2. The molecule has 0 fully saturated rings. The molecule has 0 amide bonds. The maximum atomic E-state index is 11.2. The molecule has 2 aromatic rings.